The van der Waals surface area contributed by atoms with E-state index in [1.54, 1.807) is 13.0 Å². The van der Waals surface area contributed by atoms with Crippen LogP contribution in [0, 0.1) is 12.7 Å². The summed E-state index contributed by atoms with van der Waals surface area (Å²) in [6.45, 7) is 1.79. The molecular weight excluding hydrogens is 405 g/mol. The van der Waals surface area contributed by atoms with Gasteiger partial charge in [-0.3, -0.25) is 14.0 Å². The van der Waals surface area contributed by atoms with Gasteiger partial charge in [0.05, 0.1) is 17.6 Å². The highest BCUT2D eigenvalue weighted by Crippen LogP contribution is 2.20. The fourth-order valence-corrected chi connectivity index (χ4v) is 2.94. The lowest BCUT2D eigenvalue weighted by molar-refractivity contribution is 0.101. The number of hydrogen-bond acceptors (Lipinski definition) is 4. The van der Waals surface area contributed by atoms with Crippen molar-refractivity contribution in [1.29, 1.82) is 0 Å². The molecule has 1 heterocycles. The smallest absolute Gasteiger partial charge is 0.274 e. The number of anilines is 1. The fourth-order valence-electron chi connectivity index (χ4n) is 2.11. The summed E-state index contributed by atoms with van der Waals surface area (Å²) in [5.41, 5.74) is 0.790. The zero-order valence-corrected chi connectivity index (χ0v) is 15.1. The van der Waals surface area contributed by atoms with Crippen LogP contribution in [0.25, 0.3) is 0 Å². The second-order valence-corrected chi connectivity index (χ2v) is 7.60. The molecular formula is C14H15BrFN3O4S. The second-order valence-electron chi connectivity index (χ2n) is 5.12. The summed E-state index contributed by atoms with van der Waals surface area (Å²) in [6, 6.07) is 4.24. The maximum Gasteiger partial charge on any atom is 0.274 e. The van der Waals surface area contributed by atoms with Crippen LogP contribution in [0.4, 0.5) is 10.1 Å². The van der Waals surface area contributed by atoms with Crippen molar-refractivity contribution >= 4 is 37.6 Å². The Hall–Kier alpha value is -1.78. The van der Waals surface area contributed by atoms with E-state index in [1.165, 1.54) is 23.0 Å². The maximum atomic E-state index is 13.8. The average molecular weight is 420 g/mol. The summed E-state index contributed by atoms with van der Waals surface area (Å²) in [6.07, 6.45) is 1.55. The summed E-state index contributed by atoms with van der Waals surface area (Å²) in [4.78, 5) is 12.4. The van der Waals surface area contributed by atoms with Crippen molar-refractivity contribution in [2.75, 3.05) is 11.1 Å². The van der Waals surface area contributed by atoms with E-state index in [1.807, 2.05) is 0 Å². The third-order valence-electron chi connectivity index (χ3n) is 3.19. The van der Waals surface area contributed by atoms with Gasteiger partial charge in [-0.2, -0.15) is 13.5 Å². The molecule has 1 amide bonds. The Morgan fingerprint density at radius 2 is 2.17 bits per heavy atom. The van der Waals surface area contributed by atoms with Gasteiger partial charge in [-0.15, -0.1) is 0 Å². The SMILES string of the molecule is Cc1cnn(CCCS(=O)(=O)O)c1C(=O)Nc1ccc(Br)cc1F. The largest absolute Gasteiger partial charge is 0.318 e. The number of benzene rings is 1. The van der Waals surface area contributed by atoms with E-state index in [2.05, 4.69) is 26.3 Å². The summed E-state index contributed by atoms with van der Waals surface area (Å²) in [7, 11) is -4.07. The highest BCUT2D eigenvalue weighted by atomic mass is 79.9. The molecule has 130 valence electrons. The molecule has 24 heavy (non-hydrogen) atoms. The van der Waals surface area contributed by atoms with Crippen LogP contribution >= 0.6 is 15.9 Å². The summed E-state index contributed by atoms with van der Waals surface area (Å²) < 4.78 is 45.9. The Balaban J connectivity index is 2.15. The monoisotopic (exact) mass is 419 g/mol. The van der Waals surface area contributed by atoms with Gasteiger partial charge in [-0.1, -0.05) is 15.9 Å². The lowest BCUT2D eigenvalue weighted by atomic mass is 10.2. The first-order valence-corrected chi connectivity index (χ1v) is 9.31. The molecule has 0 saturated heterocycles. The number of carbonyl (C=O) groups excluding carboxylic acids is 1. The van der Waals surface area contributed by atoms with Crippen LogP contribution < -0.4 is 5.32 Å². The summed E-state index contributed by atoms with van der Waals surface area (Å²) in [5.74, 6) is -1.58. The Bertz CT molecular complexity index is 867. The second kappa shape index (κ2) is 7.41. The van der Waals surface area contributed by atoms with Crippen LogP contribution in [0.15, 0.2) is 28.9 Å². The number of nitrogens with zero attached hydrogens (tertiary/aromatic N) is 2. The molecule has 7 nitrogen and oxygen atoms in total. The molecule has 0 saturated carbocycles. The quantitative estimate of drug-likeness (QED) is 0.700. The van der Waals surface area contributed by atoms with Crippen LogP contribution in [-0.4, -0.2) is 34.4 Å². The topological polar surface area (TPSA) is 101 Å². The highest BCUT2D eigenvalue weighted by Gasteiger charge is 2.18. The Morgan fingerprint density at radius 3 is 2.79 bits per heavy atom. The highest BCUT2D eigenvalue weighted by molar-refractivity contribution is 9.10. The molecule has 2 rings (SSSR count). The average Bonchev–Trinajstić information content (AvgIpc) is 2.81. The summed E-state index contributed by atoms with van der Waals surface area (Å²) >= 11 is 3.13. The molecule has 10 heteroatoms. The molecule has 2 aromatic rings. The lowest BCUT2D eigenvalue weighted by Gasteiger charge is -2.10. The van der Waals surface area contributed by atoms with E-state index in [0.29, 0.717) is 10.0 Å². The van der Waals surface area contributed by atoms with E-state index in [4.69, 9.17) is 4.55 Å². The minimum atomic E-state index is -4.07. The van der Waals surface area contributed by atoms with Crippen LogP contribution in [0.1, 0.15) is 22.5 Å². The van der Waals surface area contributed by atoms with E-state index >= 15 is 0 Å². The molecule has 0 spiro atoms. The van der Waals surface area contributed by atoms with Gasteiger partial charge in [0.25, 0.3) is 16.0 Å². The minimum Gasteiger partial charge on any atom is -0.318 e. The van der Waals surface area contributed by atoms with Gasteiger partial charge in [-0.25, -0.2) is 4.39 Å². The predicted molar refractivity (Wildman–Crippen MR) is 90.0 cm³/mol. The van der Waals surface area contributed by atoms with Crippen molar-refractivity contribution < 1.29 is 22.2 Å². The number of halogens is 2. The van der Waals surface area contributed by atoms with Gasteiger partial charge in [-0.05, 0) is 37.1 Å². The Kier molecular flexibility index (Phi) is 5.73. The molecule has 0 aliphatic carbocycles. The number of aromatic nitrogens is 2. The molecule has 0 atom stereocenters. The van der Waals surface area contributed by atoms with Crippen LogP contribution in [0.3, 0.4) is 0 Å². The molecule has 0 unspecified atom stereocenters. The van der Waals surface area contributed by atoms with Crippen molar-refractivity contribution in [1.82, 2.24) is 9.78 Å². The number of nitrogens with one attached hydrogen (secondary N) is 1. The van der Waals surface area contributed by atoms with Crippen molar-refractivity contribution in [2.45, 2.75) is 19.9 Å². The number of hydrogen-bond donors (Lipinski definition) is 2. The first-order chi connectivity index (χ1) is 11.2. The molecule has 0 fully saturated rings. The van der Waals surface area contributed by atoms with Crippen molar-refractivity contribution in [2.24, 2.45) is 0 Å². The number of amides is 1. The molecule has 1 aromatic carbocycles. The zero-order valence-electron chi connectivity index (χ0n) is 12.7. The van der Waals surface area contributed by atoms with E-state index in [0.717, 1.165) is 0 Å². The minimum absolute atomic E-state index is 0.0216. The lowest BCUT2D eigenvalue weighted by Crippen LogP contribution is -2.20. The van der Waals surface area contributed by atoms with Gasteiger partial charge in [0.15, 0.2) is 0 Å². The predicted octanol–water partition coefficient (Wildman–Crippen LogP) is 2.62. The Morgan fingerprint density at radius 1 is 1.46 bits per heavy atom. The first-order valence-electron chi connectivity index (χ1n) is 6.91. The van der Waals surface area contributed by atoms with Gasteiger partial charge < -0.3 is 5.32 Å². The molecule has 0 radical (unpaired) electrons. The maximum absolute atomic E-state index is 13.8. The van der Waals surface area contributed by atoms with Crippen molar-refractivity contribution in [3.63, 3.8) is 0 Å². The molecule has 0 aliphatic rings. The van der Waals surface area contributed by atoms with Crippen LogP contribution in [0.2, 0.25) is 0 Å². The third kappa shape index (κ3) is 4.86. The van der Waals surface area contributed by atoms with E-state index in [-0.39, 0.29) is 24.3 Å². The number of rotatable bonds is 6. The standard InChI is InChI=1S/C14H15BrFN3O4S/c1-9-8-17-19(5-2-6-24(21,22)23)13(9)14(20)18-12-4-3-10(15)7-11(12)16/h3-4,7-8H,2,5-6H2,1H3,(H,18,20)(H,21,22,23). The first kappa shape index (κ1) is 18.6. The third-order valence-corrected chi connectivity index (χ3v) is 4.49. The molecule has 1 aromatic heterocycles. The van der Waals surface area contributed by atoms with Gasteiger partial charge in [0.1, 0.15) is 11.5 Å². The van der Waals surface area contributed by atoms with E-state index < -0.39 is 27.6 Å². The Labute approximate surface area is 146 Å². The molecule has 0 bridgehead atoms. The van der Waals surface area contributed by atoms with E-state index in [9.17, 15) is 17.6 Å². The normalized spacial score (nSPS) is 11.5. The zero-order chi connectivity index (χ0) is 17.9. The van der Waals surface area contributed by atoms with Crippen molar-refractivity contribution in [3.05, 3.63) is 45.9 Å². The van der Waals surface area contributed by atoms with Gasteiger partial charge in [0.2, 0.25) is 0 Å². The van der Waals surface area contributed by atoms with Gasteiger partial charge >= 0.3 is 0 Å². The van der Waals surface area contributed by atoms with Crippen LogP contribution in [0.5, 0.6) is 0 Å². The number of aryl methyl sites for hydroxylation is 2. The molecule has 2 N–H and O–H groups in total. The summed E-state index contributed by atoms with van der Waals surface area (Å²) in [5, 5.41) is 6.48. The van der Waals surface area contributed by atoms with Crippen LogP contribution in [-0.2, 0) is 16.7 Å². The molecule has 0 aliphatic heterocycles. The number of carbonyl (C=O) groups is 1. The van der Waals surface area contributed by atoms with Gasteiger partial charge in [0, 0.05) is 11.0 Å². The van der Waals surface area contributed by atoms with Crippen molar-refractivity contribution in [3.8, 4) is 0 Å². The fraction of sp³-hybridized carbons (Fsp3) is 0.286.